The first-order chi connectivity index (χ1) is 7.41. The topological polar surface area (TPSA) is 68.0 Å². The second-order valence-electron chi connectivity index (χ2n) is 4.88. The summed E-state index contributed by atoms with van der Waals surface area (Å²) in [6.07, 6.45) is 1.70. The standard InChI is InChI=1S/C12H19N3O/c1-12(2,3)10(13)11(16)15-8-9-6-4-5-7-14-9/h4-7,10H,8,13H2,1-3H3,(H,15,16). The molecule has 0 aliphatic carbocycles. The van der Waals surface area contributed by atoms with Crippen LogP contribution in [0, 0.1) is 5.41 Å². The first-order valence-corrected chi connectivity index (χ1v) is 5.34. The maximum Gasteiger partial charge on any atom is 0.237 e. The number of nitrogens with zero attached hydrogens (tertiary/aromatic N) is 1. The van der Waals surface area contributed by atoms with Gasteiger partial charge in [-0.2, -0.15) is 0 Å². The maximum atomic E-state index is 11.7. The highest BCUT2D eigenvalue weighted by Crippen LogP contribution is 2.17. The molecule has 1 rings (SSSR count). The second-order valence-corrected chi connectivity index (χ2v) is 4.88. The van der Waals surface area contributed by atoms with E-state index in [1.807, 2.05) is 39.0 Å². The van der Waals surface area contributed by atoms with Crippen LogP contribution in [0.2, 0.25) is 0 Å². The molecule has 0 fully saturated rings. The molecular weight excluding hydrogens is 202 g/mol. The summed E-state index contributed by atoms with van der Waals surface area (Å²) in [7, 11) is 0. The van der Waals surface area contributed by atoms with Gasteiger partial charge in [0.05, 0.1) is 18.3 Å². The molecule has 1 heterocycles. The number of carbonyl (C=O) groups is 1. The molecule has 1 aromatic rings. The Labute approximate surface area is 96.3 Å². The number of nitrogens with two attached hydrogens (primary N) is 1. The lowest BCUT2D eigenvalue weighted by atomic mass is 9.87. The van der Waals surface area contributed by atoms with Gasteiger partial charge in [-0.25, -0.2) is 0 Å². The van der Waals surface area contributed by atoms with Gasteiger partial charge in [0, 0.05) is 6.20 Å². The van der Waals surface area contributed by atoms with E-state index in [9.17, 15) is 4.79 Å². The van der Waals surface area contributed by atoms with Crippen LogP contribution in [-0.2, 0) is 11.3 Å². The molecule has 1 amide bonds. The van der Waals surface area contributed by atoms with Crippen LogP contribution >= 0.6 is 0 Å². The Balaban J connectivity index is 2.48. The third-order valence-electron chi connectivity index (χ3n) is 2.39. The molecule has 16 heavy (non-hydrogen) atoms. The number of nitrogens with one attached hydrogen (secondary N) is 1. The third kappa shape index (κ3) is 3.62. The van der Waals surface area contributed by atoms with Gasteiger partial charge in [-0.15, -0.1) is 0 Å². The molecule has 0 aromatic carbocycles. The normalized spacial score (nSPS) is 13.2. The summed E-state index contributed by atoms with van der Waals surface area (Å²) < 4.78 is 0. The number of aromatic nitrogens is 1. The van der Waals surface area contributed by atoms with Crippen molar-refractivity contribution in [3.63, 3.8) is 0 Å². The highest BCUT2D eigenvalue weighted by atomic mass is 16.2. The number of rotatable bonds is 3. The first kappa shape index (κ1) is 12.6. The van der Waals surface area contributed by atoms with E-state index in [1.165, 1.54) is 0 Å². The van der Waals surface area contributed by atoms with E-state index in [-0.39, 0.29) is 11.3 Å². The fourth-order valence-electron chi connectivity index (χ4n) is 1.18. The first-order valence-electron chi connectivity index (χ1n) is 5.34. The highest BCUT2D eigenvalue weighted by molar-refractivity contribution is 5.82. The van der Waals surface area contributed by atoms with E-state index in [0.717, 1.165) is 5.69 Å². The van der Waals surface area contributed by atoms with E-state index >= 15 is 0 Å². The third-order valence-corrected chi connectivity index (χ3v) is 2.39. The van der Waals surface area contributed by atoms with Crippen LogP contribution in [0.5, 0.6) is 0 Å². The Kier molecular flexibility index (Phi) is 4.01. The van der Waals surface area contributed by atoms with Gasteiger partial charge in [-0.1, -0.05) is 26.8 Å². The SMILES string of the molecule is CC(C)(C)C(N)C(=O)NCc1ccccn1. The average molecular weight is 221 g/mol. The van der Waals surface area contributed by atoms with Crippen molar-refractivity contribution in [3.8, 4) is 0 Å². The molecule has 88 valence electrons. The Hall–Kier alpha value is -1.42. The number of hydrogen-bond donors (Lipinski definition) is 2. The van der Waals surface area contributed by atoms with Gasteiger partial charge in [0.25, 0.3) is 0 Å². The summed E-state index contributed by atoms with van der Waals surface area (Å²) in [5, 5.41) is 2.78. The zero-order valence-corrected chi connectivity index (χ0v) is 10.0. The van der Waals surface area contributed by atoms with Gasteiger partial charge >= 0.3 is 0 Å². The molecule has 3 N–H and O–H groups in total. The Morgan fingerprint density at radius 3 is 2.69 bits per heavy atom. The fraction of sp³-hybridized carbons (Fsp3) is 0.500. The van der Waals surface area contributed by atoms with Crippen molar-refractivity contribution in [1.82, 2.24) is 10.3 Å². The second kappa shape index (κ2) is 5.07. The summed E-state index contributed by atoms with van der Waals surface area (Å²) in [5.74, 6) is -0.141. The molecular formula is C12H19N3O. The van der Waals surface area contributed by atoms with Crippen LogP contribution < -0.4 is 11.1 Å². The molecule has 0 bridgehead atoms. The van der Waals surface area contributed by atoms with Crippen molar-refractivity contribution in [3.05, 3.63) is 30.1 Å². The maximum absolute atomic E-state index is 11.7. The minimum Gasteiger partial charge on any atom is -0.349 e. The molecule has 0 spiro atoms. The van der Waals surface area contributed by atoms with E-state index in [4.69, 9.17) is 5.73 Å². The van der Waals surface area contributed by atoms with Crippen molar-refractivity contribution >= 4 is 5.91 Å². The molecule has 4 heteroatoms. The van der Waals surface area contributed by atoms with Crippen molar-refractivity contribution < 1.29 is 4.79 Å². The number of carbonyl (C=O) groups excluding carboxylic acids is 1. The van der Waals surface area contributed by atoms with Gasteiger partial charge in [0.1, 0.15) is 0 Å². The summed E-state index contributed by atoms with van der Waals surface area (Å²) in [4.78, 5) is 15.8. The molecule has 0 saturated heterocycles. The molecule has 0 aliphatic rings. The molecule has 1 aromatic heterocycles. The lowest BCUT2D eigenvalue weighted by Crippen LogP contribution is -2.48. The van der Waals surface area contributed by atoms with E-state index in [1.54, 1.807) is 6.20 Å². The van der Waals surface area contributed by atoms with Crippen LogP contribution in [0.25, 0.3) is 0 Å². The largest absolute Gasteiger partial charge is 0.349 e. The van der Waals surface area contributed by atoms with E-state index in [2.05, 4.69) is 10.3 Å². The number of amides is 1. The molecule has 0 radical (unpaired) electrons. The van der Waals surface area contributed by atoms with Crippen LogP contribution in [0.4, 0.5) is 0 Å². The summed E-state index contributed by atoms with van der Waals surface area (Å²) in [5.41, 5.74) is 6.43. The van der Waals surface area contributed by atoms with Crippen LogP contribution in [0.15, 0.2) is 24.4 Å². The molecule has 1 atom stereocenters. The van der Waals surface area contributed by atoms with Crippen LogP contribution in [0.1, 0.15) is 26.5 Å². The summed E-state index contributed by atoms with van der Waals surface area (Å²) in [6, 6.07) is 5.09. The van der Waals surface area contributed by atoms with Crippen molar-refractivity contribution in [2.75, 3.05) is 0 Å². The fourth-order valence-corrected chi connectivity index (χ4v) is 1.18. The van der Waals surface area contributed by atoms with Gasteiger partial charge in [0.15, 0.2) is 0 Å². The van der Waals surface area contributed by atoms with Crippen LogP contribution in [-0.4, -0.2) is 16.9 Å². The zero-order chi connectivity index (χ0) is 12.2. The Morgan fingerprint density at radius 2 is 2.19 bits per heavy atom. The van der Waals surface area contributed by atoms with E-state index < -0.39 is 6.04 Å². The predicted octanol–water partition coefficient (Wildman–Crippen LogP) is 1.07. The lowest BCUT2D eigenvalue weighted by Gasteiger charge is -2.25. The quantitative estimate of drug-likeness (QED) is 0.802. The van der Waals surface area contributed by atoms with Crippen LogP contribution in [0.3, 0.4) is 0 Å². The van der Waals surface area contributed by atoms with Gasteiger partial charge in [0.2, 0.25) is 5.91 Å². The van der Waals surface area contributed by atoms with Crippen molar-refractivity contribution in [2.24, 2.45) is 11.1 Å². The van der Waals surface area contributed by atoms with Gasteiger partial charge < -0.3 is 11.1 Å². The molecule has 1 unspecified atom stereocenters. The summed E-state index contributed by atoms with van der Waals surface area (Å²) in [6.45, 7) is 6.25. The van der Waals surface area contributed by atoms with Crippen molar-refractivity contribution in [1.29, 1.82) is 0 Å². The number of hydrogen-bond acceptors (Lipinski definition) is 3. The minimum atomic E-state index is -0.504. The van der Waals surface area contributed by atoms with Gasteiger partial charge in [-0.3, -0.25) is 9.78 Å². The monoisotopic (exact) mass is 221 g/mol. The zero-order valence-electron chi connectivity index (χ0n) is 10.0. The predicted molar refractivity (Wildman–Crippen MR) is 63.5 cm³/mol. The van der Waals surface area contributed by atoms with Gasteiger partial charge in [-0.05, 0) is 17.5 Å². The molecule has 0 saturated carbocycles. The Morgan fingerprint density at radius 1 is 1.50 bits per heavy atom. The lowest BCUT2D eigenvalue weighted by molar-refractivity contribution is -0.124. The highest BCUT2D eigenvalue weighted by Gasteiger charge is 2.26. The number of pyridine rings is 1. The Bertz CT molecular complexity index is 343. The average Bonchev–Trinajstić information content (AvgIpc) is 2.25. The molecule has 4 nitrogen and oxygen atoms in total. The van der Waals surface area contributed by atoms with E-state index in [0.29, 0.717) is 6.54 Å². The molecule has 0 aliphatic heterocycles. The minimum absolute atomic E-state index is 0.141. The van der Waals surface area contributed by atoms with Crippen molar-refractivity contribution in [2.45, 2.75) is 33.4 Å². The summed E-state index contributed by atoms with van der Waals surface area (Å²) >= 11 is 0. The smallest absolute Gasteiger partial charge is 0.237 e.